The largest absolute Gasteiger partial charge is 0.486 e. The van der Waals surface area contributed by atoms with Gasteiger partial charge in [0.1, 0.15) is 13.2 Å². The van der Waals surface area contributed by atoms with Crippen LogP contribution in [0.4, 0.5) is 0 Å². The second-order valence-electron chi connectivity index (χ2n) is 4.89. The van der Waals surface area contributed by atoms with Crippen LogP contribution in [0.15, 0.2) is 18.2 Å². The molecule has 17 heavy (non-hydrogen) atoms. The molecule has 1 N–H and O–H groups in total. The highest BCUT2D eigenvalue weighted by Crippen LogP contribution is 2.42. The summed E-state index contributed by atoms with van der Waals surface area (Å²) in [6, 6.07) is 6.58. The van der Waals surface area contributed by atoms with E-state index in [1.165, 1.54) is 24.8 Å². The molecule has 0 aromatic heterocycles. The van der Waals surface area contributed by atoms with E-state index in [0.29, 0.717) is 19.3 Å². The highest BCUT2D eigenvalue weighted by Gasteiger charge is 2.28. The van der Waals surface area contributed by atoms with Crippen molar-refractivity contribution in [3.05, 3.63) is 23.8 Å². The average molecular weight is 233 g/mol. The molecule has 0 amide bonds. The third-order valence-corrected chi connectivity index (χ3v) is 3.59. The van der Waals surface area contributed by atoms with Gasteiger partial charge in [0.15, 0.2) is 11.5 Å². The lowest BCUT2D eigenvalue weighted by molar-refractivity contribution is 0.168. The molecule has 3 heteroatoms. The topological polar surface area (TPSA) is 30.5 Å². The van der Waals surface area contributed by atoms with Gasteiger partial charge >= 0.3 is 0 Å². The van der Waals surface area contributed by atoms with Gasteiger partial charge in [-0.2, -0.15) is 0 Å². The van der Waals surface area contributed by atoms with Gasteiger partial charge in [-0.25, -0.2) is 0 Å². The van der Waals surface area contributed by atoms with Crippen LogP contribution in [0, 0.1) is 5.92 Å². The highest BCUT2D eigenvalue weighted by atomic mass is 16.6. The summed E-state index contributed by atoms with van der Waals surface area (Å²) in [5, 5.41) is 3.40. The van der Waals surface area contributed by atoms with Crippen LogP contribution < -0.4 is 14.8 Å². The summed E-state index contributed by atoms with van der Waals surface area (Å²) in [5.41, 5.74) is 1.25. The molecule has 0 saturated heterocycles. The Balaban J connectivity index is 1.88. The van der Waals surface area contributed by atoms with Crippen LogP contribution in [-0.4, -0.2) is 20.3 Å². The first-order valence-corrected chi connectivity index (χ1v) is 6.44. The molecule has 2 aliphatic rings. The van der Waals surface area contributed by atoms with Crippen LogP contribution in [0.3, 0.4) is 0 Å². The third kappa shape index (κ3) is 2.25. The summed E-state index contributed by atoms with van der Waals surface area (Å²) < 4.78 is 11.4. The minimum Gasteiger partial charge on any atom is -0.486 e. The molecule has 0 bridgehead atoms. The standard InChI is InChI=1S/C14H19NO2/c1-15-12(9-10-5-6-10)11-3-2-4-13-14(11)17-8-7-16-13/h2-4,10,12,15H,5-9H2,1H3. The zero-order chi connectivity index (χ0) is 11.7. The van der Waals surface area contributed by atoms with Crippen LogP contribution >= 0.6 is 0 Å². The van der Waals surface area contributed by atoms with Crippen molar-refractivity contribution in [2.24, 2.45) is 5.92 Å². The maximum absolute atomic E-state index is 5.77. The van der Waals surface area contributed by atoms with Gasteiger partial charge in [0, 0.05) is 11.6 Å². The molecular formula is C14H19NO2. The molecule has 1 saturated carbocycles. The molecule has 1 fully saturated rings. The number of benzene rings is 1. The lowest BCUT2D eigenvalue weighted by Gasteiger charge is -2.25. The van der Waals surface area contributed by atoms with E-state index in [9.17, 15) is 0 Å². The second-order valence-corrected chi connectivity index (χ2v) is 4.89. The molecule has 1 aromatic rings. The average Bonchev–Trinajstić information content (AvgIpc) is 3.19. The first kappa shape index (κ1) is 10.9. The van der Waals surface area contributed by atoms with Gasteiger partial charge in [-0.05, 0) is 25.5 Å². The summed E-state index contributed by atoms with van der Waals surface area (Å²) in [7, 11) is 2.02. The molecule has 1 aliphatic heterocycles. The van der Waals surface area contributed by atoms with Crippen molar-refractivity contribution < 1.29 is 9.47 Å². The van der Waals surface area contributed by atoms with Crippen LogP contribution in [0.5, 0.6) is 11.5 Å². The van der Waals surface area contributed by atoms with Crippen LogP contribution in [0.1, 0.15) is 30.9 Å². The van der Waals surface area contributed by atoms with Gasteiger partial charge in [0.25, 0.3) is 0 Å². The Morgan fingerprint density at radius 1 is 1.29 bits per heavy atom. The number of hydrogen-bond donors (Lipinski definition) is 1. The van der Waals surface area contributed by atoms with E-state index in [2.05, 4.69) is 17.4 Å². The van der Waals surface area contributed by atoms with Gasteiger partial charge in [0.2, 0.25) is 0 Å². The van der Waals surface area contributed by atoms with Crippen molar-refractivity contribution in [2.75, 3.05) is 20.3 Å². The summed E-state index contributed by atoms with van der Waals surface area (Å²) in [4.78, 5) is 0. The normalized spacial score (nSPS) is 20.1. The summed E-state index contributed by atoms with van der Waals surface area (Å²) in [6.07, 6.45) is 3.96. The number of hydrogen-bond acceptors (Lipinski definition) is 3. The molecule has 0 radical (unpaired) electrons. The third-order valence-electron chi connectivity index (χ3n) is 3.59. The van der Waals surface area contributed by atoms with Gasteiger partial charge < -0.3 is 14.8 Å². The van der Waals surface area contributed by atoms with Crippen molar-refractivity contribution in [1.29, 1.82) is 0 Å². The van der Waals surface area contributed by atoms with E-state index in [1.807, 2.05) is 13.1 Å². The lowest BCUT2D eigenvalue weighted by atomic mass is 9.99. The lowest BCUT2D eigenvalue weighted by Crippen LogP contribution is -2.21. The number of fused-ring (bicyclic) bond motifs is 1. The van der Waals surface area contributed by atoms with E-state index in [4.69, 9.17) is 9.47 Å². The van der Waals surface area contributed by atoms with Crippen molar-refractivity contribution in [3.63, 3.8) is 0 Å². The summed E-state index contributed by atoms with van der Waals surface area (Å²) in [6.45, 7) is 1.31. The molecule has 1 unspecified atom stereocenters. The van der Waals surface area contributed by atoms with Crippen LogP contribution in [0.2, 0.25) is 0 Å². The minimum atomic E-state index is 0.388. The second kappa shape index (κ2) is 4.57. The maximum Gasteiger partial charge on any atom is 0.166 e. The SMILES string of the molecule is CNC(CC1CC1)c1cccc2c1OCCO2. The fourth-order valence-corrected chi connectivity index (χ4v) is 2.46. The Hall–Kier alpha value is -1.22. The number of rotatable bonds is 4. The molecule has 92 valence electrons. The molecular weight excluding hydrogens is 214 g/mol. The molecule has 3 nitrogen and oxygen atoms in total. The van der Waals surface area contributed by atoms with E-state index in [0.717, 1.165) is 17.4 Å². The van der Waals surface area contributed by atoms with Crippen LogP contribution in [-0.2, 0) is 0 Å². The quantitative estimate of drug-likeness (QED) is 0.866. The van der Waals surface area contributed by atoms with Gasteiger partial charge in [-0.15, -0.1) is 0 Å². The maximum atomic E-state index is 5.77. The van der Waals surface area contributed by atoms with E-state index >= 15 is 0 Å². The van der Waals surface area contributed by atoms with Crippen molar-refractivity contribution >= 4 is 0 Å². The summed E-state index contributed by atoms with van der Waals surface area (Å²) >= 11 is 0. The zero-order valence-corrected chi connectivity index (χ0v) is 10.2. The Bertz CT molecular complexity index is 401. The monoisotopic (exact) mass is 233 g/mol. The number of para-hydroxylation sites is 1. The fraction of sp³-hybridized carbons (Fsp3) is 0.571. The highest BCUT2D eigenvalue weighted by molar-refractivity contribution is 5.49. The Morgan fingerprint density at radius 3 is 2.88 bits per heavy atom. The molecule has 1 atom stereocenters. The number of ether oxygens (including phenoxy) is 2. The van der Waals surface area contributed by atoms with Gasteiger partial charge in [0.05, 0.1) is 0 Å². The van der Waals surface area contributed by atoms with Crippen molar-refractivity contribution in [2.45, 2.75) is 25.3 Å². The first-order chi connectivity index (χ1) is 8.38. The van der Waals surface area contributed by atoms with Gasteiger partial charge in [-0.3, -0.25) is 0 Å². The van der Waals surface area contributed by atoms with Gasteiger partial charge in [-0.1, -0.05) is 25.0 Å². The van der Waals surface area contributed by atoms with E-state index < -0.39 is 0 Å². The minimum absolute atomic E-state index is 0.388. The molecule has 1 heterocycles. The zero-order valence-electron chi connectivity index (χ0n) is 10.2. The summed E-state index contributed by atoms with van der Waals surface area (Å²) in [5.74, 6) is 2.73. The predicted molar refractivity (Wildman–Crippen MR) is 66.6 cm³/mol. The first-order valence-electron chi connectivity index (χ1n) is 6.44. The molecule has 1 aromatic carbocycles. The van der Waals surface area contributed by atoms with E-state index in [1.54, 1.807) is 0 Å². The Kier molecular flexibility index (Phi) is 2.93. The fourth-order valence-electron chi connectivity index (χ4n) is 2.46. The Morgan fingerprint density at radius 2 is 2.12 bits per heavy atom. The van der Waals surface area contributed by atoms with Crippen molar-refractivity contribution in [3.8, 4) is 11.5 Å². The predicted octanol–water partition coefficient (Wildman–Crippen LogP) is 2.52. The Labute approximate surface area is 102 Å². The van der Waals surface area contributed by atoms with E-state index in [-0.39, 0.29) is 0 Å². The molecule has 0 spiro atoms. The smallest absolute Gasteiger partial charge is 0.166 e. The van der Waals surface area contributed by atoms with Crippen molar-refractivity contribution in [1.82, 2.24) is 5.32 Å². The molecule has 3 rings (SSSR count). The molecule has 1 aliphatic carbocycles. The van der Waals surface area contributed by atoms with Crippen LogP contribution in [0.25, 0.3) is 0 Å². The number of nitrogens with one attached hydrogen (secondary N) is 1.